The zero-order valence-corrected chi connectivity index (χ0v) is 8.65. The quantitative estimate of drug-likeness (QED) is 0.684. The van der Waals surface area contributed by atoms with Crippen LogP contribution in [-0.4, -0.2) is 5.71 Å². The molecule has 0 saturated heterocycles. The minimum absolute atomic E-state index is 0.241. The second-order valence-electron chi connectivity index (χ2n) is 3.87. The van der Waals surface area contributed by atoms with Crippen LogP contribution in [-0.2, 0) is 6.42 Å². The Hall–Kier alpha value is -1.96. The van der Waals surface area contributed by atoms with Crippen molar-refractivity contribution in [2.75, 3.05) is 0 Å². The summed E-state index contributed by atoms with van der Waals surface area (Å²) in [6.07, 6.45) is 0.882. The van der Waals surface area contributed by atoms with E-state index in [2.05, 4.69) is 17.1 Å². The zero-order valence-electron chi connectivity index (χ0n) is 8.65. The molecule has 2 heteroatoms. The molecule has 1 aliphatic carbocycles. The predicted molar refractivity (Wildman–Crippen MR) is 62.7 cm³/mol. The van der Waals surface area contributed by atoms with E-state index in [1.165, 1.54) is 23.3 Å². The number of nitrogens with zero attached hydrogens (tertiary/aromatic N) is 1. The van der Waals surface area contributed by atoms with E-state index in [9.17, 15) is 4.39 Å². The normalized spacial score (nSPS) is 15.7. The van der Waals surface area contributed by atoms with Gasteiger partial charge < -0.3 is 0 Å². The molecule has 0 N–H and O–H groups in total. The molecule has 1 aliphatic rings. The monoisotopic (exact) mass is 211 g/mol. The van der Waals surface area contributed by atoms with Gasteiger partial charge in [-0.15, -0.1) is 0 Å². The summed E-state index contributed by atoms with van der Waals surface area (Å²) >= 11 is 0. The van der Waals surface area contributed by atoms with Gasteiger partial charge in [-0.25, -0.2) is 4.39 Å². The molecule has 0 atom stereocenters. The summed E-state index contributed by atoms with van der Waals surface area (Å²) in [5.41, 5.74) is 4.23. The minimum atomic E-state index is -0.241. The Morgan fingerprint density at radius 3 is 2.69 bits per heavy atom. The van der Waals surface area contributed by atoms with E-state index in [0.717, 1.165) is 12.1 Å². The Balaban J connectivity index is 1.97. The van der Waals surface area contributed by atoms with Crippen LogP contribution in [0.4, 0.5) is 10.1 Å². The van der Waals surface area contributed by atoms with Crippen LogP contribution in [0.2, 0.25) is 0 Å². The molecule has 0 aromatic heterocycles. The van der Waals surface area contributed by atoms with Gasteiger partial charge in [-0.3, -0.25) is 4.99 Å². The van der Waals surface area contributed by atoms with E-state index in [1.807, 2.05) is 18.2 Å². The molecule has 0 bridgehead atoms. The average Bonchev–Trinajstić information content (AvgIpc) is 2.26. The fraction of sp³-hybridized carbons (Fsp3) is 0.0714. The Bertz CT molecular complexity index is 572. The first-order valence-corrected chi connectivity index (χ1v) is 5.24. The molecule has 78 valence electrons. The summed E-state index contributed by atoms with van der Waals surface area (Å²) in [5, 5.41) is 0. The average molecular weight is 211 g/mol. The van der Waals surface area contributed by atoms with Crippen molar-refractivity contribution in [1.82, 2.24) is 0 Å². The van der Waals surface area contributed by atoms with Crippen LogP contribution in [0.3, 0.4) is 0 Å². The lowest BCUT2D eigenvalue weighted by Crippen LogP contribution is -2.19. The third kappa shape index (κ3) is 1.52. The van der Waals surface area contributed by atoms with Crippen molar-refractivity contribution in [1.29, 1.82) is 0 Å². The molecular weight excluding hydrogens is 201 g/mol. The fourth-order valence-electron chi connectivity index (χ4n) is 1.93. The summed E-state index contributed by atoms with van der Waals surface area (Å²) in [6.45, 7) is 0. The van der Waals surface area contributed by atoms with Crippen LogP contribution in [0.25, 0.3) is 0 Å². The molecule has 16 heavy (non-hydrogen) atoms. The number of fused-ring (bicyclic) bond motifs is 1. The lowest BCUT2D eigenvalue weighted by atomic mass is 9.86. The van der Waals surface area contributed by atoms with Crippen LogP contribution in [0.15, 0.2) is 53.5 Å². The van der Waals surface area contributed by atoms with Gasteiger partial charge in [0.1, 0.15) is 5.82 Å². The molecule has 0 heterocycles. The maximum absolute atomic E-state index is 13.0. The molecule has 0 unspecified atom stereocenters. The summed E-state index contributed by atoms with van der Waals surface area (Å²) in [6, 6.07) is 14.6. The minimum Gasteiger partial charge on any atom is -0.252 e. The largest absolute Gasteiger partial charge is 0.252 e. The molecule has 0 amide bonds. The first-order valence-electron chi connectivity index (χ1n) is 5.24. The van der Waals surface area contributed by atoms with Crippen molar-refractivity contribution in [3.63, 3.8) is 0 Å². The highest BCUT2D eigenvalue weighted by Crippen LogP contribution is 2.26. The molecule has 2 aromatic rings. The van der Waals surface area contributed by atoms with E-state index in [-0.39, 0.29) is 5.82 Å². The standard InChI is InChI=1S/C14H10FN/c15-11-5-3-6-12(9-11)16-14-8-10-4-1-2-7-13(10)14/h1-7,9H,8H2. The Morgan fingerprint density at radius 1 is 1.00 bits per heavy atom. The number of benzene rings is 2. The number of halogens is 1. The van der Waals surface area contributed by atoms with E-state index >= 15 is 0 Å². The lowest BCUT2D eigenvalue weighted by molar-refractivity contribution is 0.628. The van der Waals surface area contributed by atoms with Gasteiger partial charge in [-0.05, 0) is 29.3 Å². The molecule has 3 rings (SSSR count). The maximum atomic E-state index is 13.0. The third-order valence-electron chi connectivity index (χ3n) is 2.76. The SMILES string of the molecule is Fc1cccc(N=C2Cc3ccccc32)c1. The van der Waals surface area contributed by atoms with Gasteiger partial charge in [0.05, 0.1) is 11.4 Å². The van der Waals surface area contributed by atoms with Gasteiger partial charge in [0.2, 0.25) is 0 Å². The van der Waals surface area contributed by atoms with Gasteiger partial charge in [-0.2, -0.15) is 0 Å². The second-order valence-corrected chi connectivity index (χ2v) is 3.87. The first kappa shape index (κ1) is 9.28. The van der Waals surface area contributed by atoms with E-state index in [0.29, 0.717) is 5.69 Å². The Labute approximate surface area is 93.3 Å². The summed E-state index contributed by atoms with van der Waals surface area (Å²) in [7, 11) is 0. The topological polar surface area (TPSA) is 12.4 Å². The molecule has 0 saturated carbocycles. The number of hydrogen-bond acceptors (Lipinski definition) is 1. The highest BCUT2D eigenvalue weighted by atomic mass is 19.1. The predicted octanol–water partition coefficient (Wildman–Crippen LogP) is 3.50. The summed E-state index contributed by atoms with van der Waals surface area (Å²) < 4.78 is 13.0. The zero-order chi connectivity index (χ0) is 11.0. The summed E-state index contributed by atoms with van der Waals surface area (Å²) in [4.78, 5) is 4.44. The van der Waals surface area contributed by atoms with E-state index in [4.69, 9.17) is 0 Å². The van der Waals surface area contributed by atoms with Crippen LogP contribution >= 0.6 is 0 Å². The van der Waals surface area contributed by atoms with Gasteiger partial charge in [0, 0.05) is 6.42 Å². The highest BCUT2D eigenvalue weighted by Gasteiger charge is 2.19. The van der Waals surface area contributed by atoms with Crippen molar-refractivity contribution < 1.29 is 4.39 Å². The second kappa shape index (κ2) is 3.56. The van der Waals surface area contributed by atoms with Gasteiger partial charge in [-0.1, -0.05) is 30.3 Å². The van der Waals surface area contributed by atoms with Crippen LogP contribution in [0.5, 0.6) is 0 Å². The molecule has 1 nitrogen and oxygen atoms in total. The molecule has 0 fully saturated rings. The molecular formula is C14H10FN. The molecule has 0 spiro atoms. The van der Waals surface area contributed by atoms with Crippen LogP contribution < -0.4 is 0 Å². The van der Waals surface area contributed by atoms with Crippen LogP contribution in [0.1, 0.15) is 11.1 Å². The van der Waals surface area contributed by atoms with Crippen molar-refractivity contribution in [2.24, 2.45) is 4.99 Å². The number of aliphatic imine (C=N–C) groups is 1. The van der Waals surface area contributed by atoms with E-state index < -0.39 is 0 Å². The Morgan fingerprint density at radius 2 is 1.88 bits per heavy atom. The first-order chi connectivity index (χ1) is 7.83. The highest BCUT2D eigenvalue weighted by molar-refractivity contribution is 6.11. The molecule has 2 aromatic carbocycles. The summed E-state index contributed by atoms with van der Waals surface area (Å²) in [5.74, 6) is -0.241. The Kier molecular flexibility index (Phi) is 2.07. The van der Waals surface area contributed by atoms with Crippen molar-refractivity contribution >= 4 is 11.4 Å². The van der Waals surface area contributed by atoms with E-state index in [1.54, 1.807) is 6.07 Å². The molecule has 0 radical (unpaired) electrons. The fourth-order valence-corrected chi connectivity index (χ4v) is 1.93. The van der Waals surface area contributed by atoms with Gasteiger partial charge in [0.25, 0.3) is 0 Å². The van der Waals surface area contributed by atoms with Crippen molar-refractivity contribution in [3.05, 3.63) is 65.5 Å². The number of hydrogen-bond donors (Lipinski definition) is 0. The van der Waals surface area contributed by atoms with Gasteiger partial charge in [0.15, 0.2) is 0 Å². The third-order valence-corrected chi connectivity index (χ3v) is 2.76. The molecule has 0 aliphatic heterocycles. The number of rotatable bonds is 1. The smallest absolute Gasteiger partial charge is 0.125 e. The maximum Gasteiger partial charge on any atom is 0.125 e. The van der Waals surface area contributed by atoms with Crippen molar-refractivity contribution in [3.8, 4) is 0 Å². The van der Waals surface area contributed by atoms with Crippen LogP contribution in [0, 0.1) is 5.82 Å². The lowest BCUT2D eigenvalue weighted by Gasteiger charge is -2.20. The van der Waals surface area contributed by atoms with Crippen molar-refractivity contribution in [2.45, 2.75) is 6.42 Å². The van der Waals surface area contributed by atoms with Gasteiger partial charge >= 0.3 is 0 Å².